The van der Waals surface area contributed by atoms with Gasteiger partial charge in [0.05, 0.1) is 80.2 Å². The first-order valence-electron chi connectivity index (χ1n) is 48.7. The predicted octanol–water partition coefficient (Wildman–Crippen LogP) is 13.1. The Kier molecular flexibility index (Phi) is 36.0. The number of thioether (sulfide) groups is 1. The number of nitrogens with zero attached hydrogens (tertiary/aromatic N) is 33. The van der Waals surface area contributed by atoms with Crippen LogP contribution in [0.5, 0.6) is 0 Å². The van der Waals surface area contributed by atoms with Crippen LogP contribution in [0.25, 0.3) is 95.3 Å². The second-order valence-electron chi connectivity index (χ2n) is 36.7. The molecule has 0 saturated heterocycles. The molecule has 4 aliphatic carbocycles. The Bertz CT molecular complexity index is 7550. The van der Waals surface area contributed by atoms with Crippen molar-refractivity contribution in [3.05, 3.63) is 176 Å². The summed E-state index contributed by atoms with van der Waals surface area (Å²) in [6, 6.07) is 20.3. The molecule has 19 aromatic rings. The summed E-state index contributed by atoms with van der Waals surface area (Å²) in [4.78, 5) is 109. The van der Waals surface area contributed by atoms with E-state index in [0.717, 1.165) is 142 Å². The number of aromatic nitrogens is 33. The van der Waals surface area contributed by atoms with Crippen molar-refractivity contribution in [1.29, 1.82) is 0 Å². The van der Waals surface area contributed by atoms with E-state index in [9.17, 15) is 9.90 Å². The number of carbonyl (C=O) groups excluding carboxylic acids is 1. The summed E-state index contributed by atoms with van der Waals surface area (Å²) in [5.74, 6) is 13.9. The van der Waals surface area contributed by atoms with Crippen LogP contribution in [-0.4, -0.2) is 216 Å². The van der Waals surface area contributed by atoms with Crippen molar-refractivity contribution >= 4 is 159 Å². The highest BCUT2D eigenvalue weighted by atomic mass is 32.2. The van der Waals surface area contributed by atoms with Gasteiger partial charge in [-0.3, -0.25) is 4.79 Å². The van der Waals surface area contributed by atoms with Gasteiger partial charge in [0.25, 0.3) is 11.9 Å². The number of aliphatic hydroxyl groups excluding tert-OH is 1. The topological polar surface area (TPSA) is 581 Å². The molecule has 46 heteroatoms. The highest BCUT2D eigenvalue weighted by Crippen LogP contribution is 2.33. The van der Waals surface area contributed by atoms with Crippen molar-refractivity contribution in [3.63, 3.8) is 0 Å². The maximum Gasteiger partial charge on any atom is 0.254 e. The molecule has 147 heavy (non-hydrogen) atoms. The molecule has 0 bridgehead atoms. The normalized spacial score (nSPS) is 15.3. The number of aryl methyl sites for hydroxylation is 11. The minimum Gasteiger partial charge on any atom is -0.397 e. The molecule has 2 atom stereocenters. The number of imidazole rings is 8. The zero-order valence-electron chi connectivity index (χ0n) is 83.7. The van der Waals surface area contributed by atoms with Crippen molar-refractivity contribution < 1.29 is 9.90 Å². The highest BCUT2D eigenvalue weighted by molar-refractivity contribution is 7.99. The lowest BCUT2D eigenvalue weighted by atomic mass is 9.81. The van der Waals surface area contributed by atoms with Crippen LogP contribution >= 0.6 is 11.8 Å². The molecule has 1 amide bonds. The molecule has 17 heterocycles. The van der Waals surface area contributed by atoms with Gasteiger partial charge in [0.15, 0.2) is 91.1 Å². The average Bonchev–Trinajstić information content (AvgIpc) is 1.66. The van der Waals surface area contributed by atoms with Gasteiger partial charge in [-0.1, -0.05) is 145 Å². The summed E-state index contributed by atoms with van der Waals surface area (Å²) in [6.45, 7) is 7.39. The summed E-state index contributed by atoms with van der Waals surface area (Å²) >= 11 is 1.62. The minimum absolute atomic E-state index is 0. The number of carbonyl (C=O) groups is 1. The van der Waals surface area contributed by atoms with Crippen molar-refractivity contribution in [3.8, 4) is 17.8 Å². The van der Waals surface area contributed by atoms with Crippen molar-refractivity contribution in [2.75, 3.05) is 69.3 Å². The molecule has 770 valence electrons. The summed E-state index contributed by atoms with van der Waals surface area (Å²) in [7, 11) is 16.7. The molecular formula is C101H133N43O2S. The SMILES string of the molecule is C.C.CC1CCC(CC#Cc2nc(N)c3ncn(C)c3n2)CC1.CCCc1ccc(CCNc2nc(N)c3ncn(C)c3n2)cc1.CNC(=O)c1cnn(-c2nc(N)c3ncn(C)c3n2)c1.Cc1ccc(CCSc2nc(N)c3ncn(C)c3n2)cc1.Cn1cnc2c(N)ccnc21.Cn1cnc2c(NC3CCCC3)ncnc21.Cn1cnc2c(NC3CCCC3)ncnc21.Cn1cnc2c(NC3CCCC3O)ncnc21. The number of pyridine rings is 1. The van der Waals surface area contributed by atoms with Gasteiger partial charge in [0, 0.05) is 107 Å². The van der Waals surface area contributed by atoms with Crippen LogP contribution in [0.2, 0.25) is 0 Å². The van der Waals surface area contributed by atoms with Crippen LogP contribution in [-0.2, 0) is 75.6 Å². The van der Waals surface area contributed by atoms with Gasteiger partial charge in [-0.25, -0.2) is 99.4 Å². The molecule has 0 aliphatic heterocycles. The van der Waals surface area contributed by atoms with E-state index in [-0.39, 0.29) is 44.7 Å². The molecule has 16 N–H and O–H groups in total. The highest BCUT2D eigenvalue weighted by Gasteiger charge is 2.28. The number of nitrogens with one attached hydrogen (secondary N) is 5. The largest absolute Gasteiger partial charge is 0.397 e. The Hall–Kier alpha value is -16.3. The quantitative estimate of drug-likeness (QED) is 0.0203. The number of hydrogen-bond donors (Lipinski definition) is 11. The molecular weight excluding hydrogens is 1880 g/mol. The molecule has 4 saturated carbocycles. The second-order valence-corrected chi connectivity index (χ2v) is 37.7. The molecule has 4 fully saturated rings. The Balaban J connectivity index is 0.000000133. The maximum atomic E-state index is 11.5. The van der Waals surface area contributed by atoms with Crippen molar-refractivity contribution in [2.45, 2.75) is 193 Å². The monoisotopic (exact) mass is 2010 g/mol. The Morgan fingerprint density at radius 1 is 0.449 bits per heavy atom. The van der Waals surface area contributed by atoms with Crippen LogP contribution in [0.3, 0.4) is 0 Å². The third-order valence-corrected chi connectivity index (χ3v) is 26.5. The fourth-order valence-electron chi connectivity index (χ4n) is 17.4. The van der Waals surface area contributed by atoms with E-state index in [1.807, 2.05) is 88.4 Å². The summed E-state index contributed by atoms with van der Waals surface area (Å²) in [5, 5.41) is 30.5. The van der Waals surface area contributed by atoms with Gasteiger partial charge in [-0.15, -0.1) is 0 Å². The van der Waals surface area contributed by atoms with E-state index in [1.54, 1.807) is 98.9 Å². The standard InChI is InChI=1S/C17H22N6.C16H21N5.C15H17N5S.C11H12N8O.C11H15N5O.2C11H15N5.C7H8N4.2CH4/c1-3-4-12-5-7-13(8-6-12)9-10-19-17-21-15(18)14-16(22-17)23(2)11-20-14;1-11-6-8-12(9-7-11)4-3-5-13-19-15(17)14-16(20-13)21(2)10-18-14;1-10-3-5-11(6-4-10)7-8-21-15-18-13(16)12-14(19-15)20(2)9-17-12;1-13-10(20)6-3-15-19(4-6)11-16-8(12)7-9(17-11)18(2)5-14-7;1-16-6-14-9-10(12-5-13-11(9)16)15-7-3-2-4-8(7)17;2*1-16-7-14-9-10(12-6-13-11(9)16)15-8-4-2-3-5-8;1-11-4-10-6-5(8)2-3-9-7(6)11;;/h5-8,11H,3-4,9-10H2,1-2H3,(H3,18,19,21,22);10-12H,4,6-9H2,1-2H3,(H2,17,19,20);3-6,9H,7-8H2,1-2H3,(H2,16,18,19);3-5H,1-2H3,(H,13,20)(H2,12,16,17);5-8,17H,2-4H2,1H3,(H,12,13,15);2*6-8H,2-5H2,1H3,(H,12,13,15);2-4H,1H3,(H2,8,9);2*1H4. The number of benzene rings is 2. The summed E-state index contributed by atoms with van der Waals surface area (Å²) in [5.41, 5.74) is 47.7. The van der Waals surface area contributed by atoms with Crippen LogP contribution in [0.1, 0.15) is 176 Å². The van der Waals surface area contributed by atoms with Gasteiger partial charge in [-0.05, 0) is 124 Å². The second kappa shape index (κ2) is 49.8. The number of nitrogens with two attached hydrogens (primary N) is 5. The lowest BCUT2D eigenvalue weighted by molar-refractivity contribution is 0.0963. The van der Waals surface area contributed by atoms with E-state index in [1.165, 1.54) is 129 Å². The zero-order valence-corrected chi connectivity index (χ0v) is 84.5. The third-order valence-electron chi connectivity index (χ3n) is 25.6. The van der Waals surface area contributed by atoms with Crippen LogP contribution in [0, 0.1) is 30.6 Å². The molecule has 0 spiro atoms. The predicted molar refractivity (Wildman–Crippen MR) is 579 cm³/mol. The lowest BCUT2D eigenvalue weighted by Gasteiger charge is -2.24. The van der Waals surface area contributed by atoms with Gasteiger partial charge in [0.1, 0.15) is 63.1 Å². The van der Waals surface area contributed by atoms with E-state index >= 15 is 0 Å². The number of amides is 1. The van der Waals surface area contributed by atoms with Gasteiger partial charge >= 0.3 is 0 Å². The van der Waals surface area contributed by atoms with E-state index in [4.69, 9.17) is 28.7 Å². The first-order chi connectivity index (χ1) is 70.3. The molecule has 4 aliphatic rings. The van der Waals surface area contributed by atoms with Crippen molar-refractivity contribution in [2.24, 2.45) is 68.2 Å². The first-order valence-corrected chi connectivity index (χ1v) is 49.6. The molecule has 17 aromatic heterocycles. The van der Waals surface area contributed by atoms with E-state index < -0.39 is 0 Å². The van der Waals surface area contributed by atoms with E-state index in [2.05, 4.69) is 227 Å². The lowest BCUT2D eigenvalue weighted by Crippen LogP contribution is -2.28. The molecule has 0 radical (unpaired) electrons. The van der Waals surface area contributed by atoms with Crippen LogP contribution in [0.4, 0.5) is 52.4 Å². The van der Waals surface area contributed by atoms with Crippen molar-refractivity contribution in [1.82, 2.24) is 166 Å². The van der Waals surface area contributed by atoms with Gasteiger partial charge in [-0.2, -0.15) is 25.0 Å². The number of fused-ring (bicyclic) bond motifs is 8. The number of rotatable bonds is 19. The molecule has 2 aromatic carbocycles. The summed E-state index contributed by atoms with van der Waals surface area (Å²) < 4.78 is 16.2. The molecule has 2 unspecified atom stereocenters. The zero-order chi connectivity index (χ0) is 102. The number of anilines is 9. The fourth-order valence-corrected chi connectivity index (χ4v) is 18.2. The smallest absolute Gasteiger partial charge is 0.254 e. The average molecular weight is 2010 g/mol. The maximum absolute atomic E-state index is 11.5. The Morgan fingerprint density at radius 3 is 1.39 bits per heavy atom. The van der Waals surface area contributed by atoms with Gasteiger partial charge in [0.2, 0.25) is 11.8 Å². The van der Waals surface area contributed by atoms with Gasteiger partial charge < -0.3 is 96.9 Å². The van der Waals surface area contributed by atoms with Crippen LogP contribution in [0.15, 0.2) is 148 Å². The summed E-state index contributed by atoms with van der Waals surface area (Å²) in [6.07, 6.45) is 46.2. The number of aliphatic hydroxyl groups is 1. The third kappa shape index (κ3) is 26.6. The number of nitrogen functional groups attached to an aromatic ring is 5. The molecule has 23 rings (SSSR count). The Morgan fingerprint density at radius 2 is 0.891 bits per heavy atom. The van der Waals surface area contributed by atoms with E-state index in [0.29, 0.717) is 91.2 Å². The molecule has 45 nitrogen and oxygen atoms in total. The fraction of sp³-hybridized carbons (Fsp3) is 0.416. The minimum atomic E-state index is -0.288. The first kappa shape index (κ1) is 106. The van der Waals surface area contributed by atoms with Crippen LogP contribution < -0.4 is 55.3 Å². The Labute approximate surface area is 855 Å². The number of hydrogen-bond acceptors (Lipinski definition) is 36.